The molecule has 0 radical (unpaired) electrons. The molecule has 1 fully saturated rings. The molecule has 1 saturated heterocycles. The Morgan fingerprint density at radius 1 is 1.43 bits per heavy atom. The second kappa shape index (κ2) is 7.31. The van der Waals surface area contributed by atoms with E-state index in [1.54, 1.807) is 13.2 Å². The molecule has 0 aromatic carbocycles. The van der Waals surface area contributed by atoms with Gasteiger partial charge in [0.1, 0.15) is 29.9 Å². The Hall–Kier alpha value is -3.41. The zero-order valence-electron chi connectivity index (χ0n) is 15.8. The highest BCUT2D eigenvalue weighted by Crippen LogP contribution is 2.31. The molecule has 4 heterocycles. The van der Waals surface area contributed by atoms with Crippen LogP contribution in [0.25, 0.3) is 21.9 Å². The summed E-state index contributed by atoms with van der Waals surface area (Å²) in [5.41, 5.74) is 1.63. The normalized spacial score (nSPS) is 15.0. The number of fused-ring (bicyclic) bond motifs is 3. The molecule has 0 saturated carbocycles. The van der Waals surface area contributed by atoms with Crippen LogP contribution in [0.1, 0.15) is 18.7 Å². The van der Waals surface area contributed by atoms with E-state index < -0.39 is 6.09 Å². The lowest BCUT2D eigenvalue weighted by Crippen LogP contribution is -2.40. The fourth-order valence-corrected chi connectivity index (χ4v) is 3.54. The van der Waals surface area contributed by atoms with Gasteiger partial charge in [0.2, 0.25) is 0 Å². The number of carbonyl (C=O) groups excluding carboxylic acids is 1. The van der Waals surface area contributed by atoms with E-state index in [9.17, 15) is 4.79 Å². The summed E-state index contributed by atoms with van der Waals surface area (Å²) in [7, 11) is 1.56. The van der Waals surface area contributed by atoms with Gasteiger partial charge in [-0.3, -0.25) is 4.90 Å². The Morgan fingerprint density at radius 3 is 2.96 bits per heavy atom. The van der Waals surface area contributed by atoms with E-state index in [0.717, 1.165) is 40.8 Å². The molecule has 3 aromatic heterocycles. The summed E-state index contributed by atoms with van der Waals surface area (Å²) in [6.45, 7) is 3.34. The second-order valence-corrected chi connectivity index (χ2v) is 6.94. The number of aryl methyl sites for hydroxylation is 1. The van der Waals surface area contributed by atoms with E-state index in [2.05, 4.69) is 19.9 Å². The summed E-state index contributed by atoms with van der Waals surface area (Å²) < 4.78 is 5.52. The minimum atomic E-state index is -0.455. The smallest absolute Gasteiger partial charge is 0.410 e. The quantitative estimate of drug-likeness (QED) is 0.695. The molecule has 4 rings (SSSR count). The molecule has 0 bridgehead atoms. The topological polar surface area (TPSA) is 111 Å². The van der Waals surface area contributed by atoms with Crippen LogP contribution < -0.4 is 4.90 Å². The van der Waals surface area contributed by atoms with Crippen LogP contribution in [-0.4, -0.2) is 63.7 Å². The van der Waals surface area contributed by atoms with Crippen molar-refractivity contribution in [2.24, 2.45) is 0 Å². The average molecular weight is 379 g/mol. The molecule has 0 unspecified atom stereocenters. The van der Waals surface area contributed by atoms with Crippen LogP contribution in [0.5, 0.6) is 0 Å². The molecule has 0 aliphatic carbocycles. The Morgan fingerprint density at radius 2 is 2.21 bits per heavy atom. The third-order valence-corrected chi connectivity index (χ3v) is 4.97. The monoisotopic (exact) mass is 379 g/mol. The first-order chi connectivity index (χ1) is 13.6. The first kappa shape index (κ1) is 18.0. The number of hydrogen-bond acceptors (Lipinski definition) is 7. The van der Waals surface area contributed by atoms with E-state index in [0.29, 0.717) is 18.7 Å². The molecule has 1 aliphatic rings. The van der Waals surface area contributed by atoms with Gasteiger partial charge in [0.25, 0.3) is 0 Å². The van der Waals surface area contributed by atoms with Crippen molar-refractivity contribution in [3.63, 3.8) is 0 Å². The van der Waals surface area contributed by atoms with Gasteiger partial charge < -0.3 is 14.6 Å². The van der Waals surface area contributed by atoms with E-state index in [4.69, 9.17) is 15.0 Å². The highest BCUT2D eigenvalue weighted by molar-refractivity contribution is 6.09. The van der Waals surface area contributed by atoms with Gasteiger partial charge in [-0.1, -0.05) is 0 Å². The van der Waals surface area contributed by atoms with Crippen molar-refractivity contribution in [2.75, 3.05) is 31.6 Å². The second-order valence-electron chi connectivity index (χ2n) is 6.94. The van der Waals surface area contributed by atoms with Gasteiger partial charge in [-0.2, -0.15) is 5.26 Å². The van der Waals surface area contributed by atoms with Gasteiger partial charge in [-0.15, -0.1) is 0 Å². The molecule has 0 atom stereocenters. The van der Waals surface area contributed by atoms with Crippen molar-refractivity contribution in [2.45, 2.75) is 25.9 Å². The number of anilines is 1. The van der Waals surface area contributed by atoms with E-state index in [-0.39, 0.29) is 12.6 Å². The first-order valence-electron chi connectivity index (χ1n) is 9.21. The van der Waals surface area contributed by atoms with Crippen LogP contribution in [0.15, 0.2) is 18.5 Å². The van der Waals surface area contributed by atoms with Crippen molar-refractivity contribution in [1.82, 2.24) is 24.8 Å². The number of rotatable bonds is 3. The number of nitrogens with zero attached hydrogens (tertiary/aromatic N) is 6. The predicted octanol–water partition coefficient (Wildman–Crippen LogP) is 2.38. The minimum absolute atomic E-state index is 0.0184. The molecule has 0 spiro atoms. The summed E-state index contributed by atoms with van der Waals surface area (Å²) in [6, 6.07) is 3.94. The summed E-state index contributed by atoms with van der Waals surface area (Å²) in [5, 5.41) is 10.7. The summed E-state index contributed by atoms with van der Waals surface area (Å²) in [5.74, 6) is 1.59. The predicted molar refractivity (Wildman–Crippen MR) is 104 cm³/mol. The molecular formula is C19H21N7O2. The Labute approximate surface area is 161 Å². The maximum atomic E-state index is 12.0. The zero-order chi connectivity index (χ0) is 19.7. The lowest BCUT2D eigenvalue weighted by Gasteiger charge is -2.33. The molecule has 1 amide bonds. The number of ether oxygens (including phenoxy) is 1. The number of aromatic nitrogens is 4. The fourth-order valence-electron chi connectivity index (χ4n) is 3.54. The van der Waals surface area contributed by atoms with Crippen molar-refractivity contribution < 1.29 is 9.53 Å². The number of piperidine rings is 1. The number of pyridine rings is 1. The zero-order valence-corrected chi connectivity index (χ0v) is 15.8. The standard InChI is InChI=1S/C19H21N7O2/c1-12-23-15-11-22-17-14(3-7-21-17)16(15)18(24-12)26-8-4-13(5-9-26)28-19(27)25(2)10-6-20/h3,7,11,13H,4-5,8-10H2,1-2H3,(H,21,22). The number of carbonyl (C=O) groups is 1. The van der Waals surface area contributed by atoms with E-state index >= 15 is 0 Å². The molecule has 1 N–H and O–H groups in total. The fraction of sp³-hybridized carbons (Fsp3) is 0.421. The largest absolute Gasteiger partial charge is 0.446 e. The van der Waals surface area contributed by atoms with Crippen molar-refractivity contribution >= 4 is 33.8 Å². The Kier molecular flexibility index (Phi) is 4.69. The third-order valence-electron chi connectivity index (χ3n) is 4.97. The Bertz CT molecular complexity index is 1060. The van der Waals surface area contributed by atoms with Crippen LogP contribution in [0.2, 0.25) is 0 Å². The Balaban J connectivity index is 1.55. The van der Waals surface area contributed by atoms with Gasteiger partial charge in [-0.05, 0) is 13.0 Å². The van der Waals surface area contributed by atoms with Crippen molar-refractivity contribution in [3.8, 4) is 6.07 Å². The molecule has 28 heavy (non-hydrogen) atoms. The molecule has 3 aromatic rings. The van der Waals surface area contributed by atoms with Gasteiger partial charge >= 0.3 is 6.09 Å². The first-order valence-corrected chi connectivity index (χ1v) is 9.21. The number of hydrogen-bond donors (Lipinski definition) is 1. The number of nitriles is 1. The van der Waals surface area contributed by atoms with Crippen LogP contribution in [0.4, 0.5) is 10.6 Å². The minimum Gasteiger partial charge on any atom is -0.446 e. The molecule has 9 nitrogen and oxygen atoms in total. The van der Waals surface area contributed by atoms with Crippen LogP contribution >= 0.6 is 0 Å². The number of nitrogens with one attached hydrogen (secondary N) is 1. The van der Waals surface area contributed by atoms with E-state index in [1.165, 1.54) is 4.90 Å². The van der Waals surface area contributed by atoms with E-state index in [1.807, 2.05) is 25.3 Å². The summed E-state index contributed by atoms with van der Waals surface area (Å²) >= 11 is 0. The van der Waals surface area contributed by atoms with Gasteiger partial charge in [0.05, 0.1) is 23.2 Å². The molecular weight excluding hydrogens is 358 g/mol. The van der Waals surface area contributed by atoms with Crippen molar-refractivity contribution in [3.05, 3.63) is 24.3 Å². The maximum Gasteiger partial charge on any atom is 0.410 e. The number of amides is 1. The number of aromatic amines is 1. The van der Waals surface area contributed by atoms with Gasteiger partial charge in [0, 0.05) is 44.6 Å². The number of H-pyrrole nitrogens is 1. The van der Waals surface area contributed by atoms with Crippen molar-refractivity contribution in [1.29, 1.82) is 5.26 Å². The third kappa shape index (κ3) is 3.29. The van der Waals surface area contributed by atoms with Gasteiger partial charge in [-0.25, -0.2) is 19.7 Å². The average Bonchev–Trinajstić information content (AvgIpc) is 3.17. The highest BCUT2D eigenvalue weighted by atomic mass is 16.6. The van der Waals surface area contributed by atoms with Crippen LogP contribution in [0.3, 0.4) is 0 Å². The van der Waals surface area contributed by atoms with Crippen LogP contribution in [0, 0.1) is 18.3 Å². The molecule has 144 valence electrons. The summed E-state index contributed by atoms with van der Waals surface area (Å²) in [6.07, 6.45) is 4.43. The highest BCUT2D eigenvalue weighted by Gasteiger charge is 2.26. The summed E-state index contributed by atoms with van der Waals surface area (Å²) in [4.78, 5) is 32.3. The molecule has 9 heteroatoms. The van der Waals surface area contributed by atoms with Gasteiger partial charge in [0.15, 0.2) is 0 Å². The SMILES string of the molecule is Cc1nc(N2CCC(OC(=O)N(C)CC#N)CC2)c2c(cnc3[nH]ccc32)n1. The lowest BCUT2D eigenvalue weighted by atomic mass is 10.1. The molecule has 1 aliphatic heterocycles. The maximum absolute atomic E-state index is 12.0. The lowest BCUT2D eigenvalue weighted by molar-refractivity contribution is 0.0601. The van der Waals surface area contributed by atoms with Crippen LogP contribution in [-0.2, 0) is 4.74 Å².